The van der Waals surface area contributed by atoms with Crippen molar-refractivity contribution in [1.82, 2.24) is 20.2 Å². The van der Waals surface area contributed by atoms with Crippen LogP contribution < -0.4 is 5.32 Å². The van der Waals surface area contributed by atoms with Crippen molar-refractivity contribution >= 4 is 44.6 Å². The lowest BCUT2D eigenvalue weighted by molar-refractivity contribution is 0.103. The van der Waals surface area contributed by atoms with Crippen LogP contribution in [0.5, 0.6) is 0 Å². The van der Waals surface area contributed by atoms with Gasteiger partial charge in [-0.15, -0.1) is 16.4 Å². The van der Waals surface area contributed by atoms with E-state index < -0.39 is 17.5 Å². The molecule has 6 nitrogen and oxygen atoms in total. The smallest absolute Gasteiger partial charge is 0.267 e. The van der Waals surface area contributed by atoms with Crippen molar-refractivity contribution in [3.8, 4) is 5.69 Å². The average Bonchev–Trinajstić information content (AvgIpc) is 3.20. The van der Waals surface area contributed by atoms with Crippen molar-refractivity contribution in [1.29, 1.82) is 0 Å². The quantitative estimate of drug-likeness (QED) is 0.549. The summed E-state index contributed by atoms with van der Waals surface area (Å²) in [6, 6.07) is 8.17. The number of anilines is 1. The first-order valence-corrected chi connectivity index (χ1v) is 8.87. The van der Waals surface area contributed by atoms with Crippen LogP contribution in [0, 0.1) is 18.6 Å². The van der Waals surface area contributed by atoms with Crippen LogP contribution >= 0.6 is 22.9 Å². The number of aryl methyl sites for hydroxylation is 1. The number of amides is 1. The highest BCUT2D eigenvalue weighted by Gasteiger charge is 2.19. The Morgan fingerprint density at radius 3 is 2.78 bits per heavy atom. The first-order chi connectivity index (χ1) is 12.9. The molecule has 136 valence electrons. The summed E-state index contributed by atoms with van der Waals surface area (Å²) >= 11 is 7.28. The molecule has 0 atom stereocenters. The van der Waals surface area contributed by atoms with Crippen LogP contribution in [0.15, 0.2) is 36.4 Å². The van der Waals surface area contributed by atoms with Gasteiger partial charge >= 0.3 is 0 Å². The normalized spacial score (nSPS) is 11.1. The van der Waals surface area contributed by atoms with E-state index in [0.717, 1.165) is 11.3 Å². The first kappa shape index (κ1) is 17.5. The number of hydrogen-bond donors (Lipinski definition) is 1. The maximum absolute atomic E-state index is 14.2. The van der Waals surface area contributed by atoms with Gasteiger partial charge in [0.05, 0.1) is 16.4 Å². The number of aromatic nitrogens is 4. The molecule has 4 rings (SSSR count). The highest BCUT2D eigenvalue weighted by Crippen LogP contribution is 2.36. The molecule has 10 heteroatoms. The molecular formula is C17H10ClF2N5OS. The van der Waals surface area contributed by atoms with Gasteiger partial charge in [0.2, 0.25) is 0 Å². The molecule has 2 heterocycles. The molecule has 0 radical (unpaired) electrons. The number of hydrogen-bond acceptors (Lipinski definition) is 5. The predicted molar refractivity (Wildman–Crippen MR) is 98.6 cm³/mol. The van der Waals surface area contributed by atoms with Gasteiger partial charge in [0.25, 0.3) is 5.91 Å². The summed E-state index contributed by atoms with van der Waals surface area (Å²) in [6.07, 6.45) is 0. The molecule has 0 saturated carbocycles. The summed E-state index contributed by atoms with van der Waals surface area (Å²) in [4.78, 5) is 12.8. The first-order valence-electron chi connectivity index (χ1n) is 7.68. The van der Waals surface area contributed by atoms with E-state index in [2.05, 4.69) is 20.8 Å². The number of nitrogens with zero attached hydrogens (tertiary/aromatic N) is 4. The Labute approximate surface area is 160 Å². The Bertz CT molecular complexity index is 1190. The standard InChI is InChI=1S/C17H10ClF2N5OS/c1-8-22-23-24-25(8)10-3-5-12(20)13(7-10)21-17(26)16-15(18)11-4-2-9(19)6-14(11)27-16/h2-7H,1H3,(H,21,26). The van der Waals surface area contributed by atoms with Crippen LogP contribution in [0.1, 0.15) is 15.5 Å². The Hall–Kier alpha value is -2.91. The number of nitrogens with one attached hydrogen (secondary N) is 1. The molecule has 0 bridgehead atoms. The summed E-state index contributed by atoms with van der Waals surface area (Å²) in [5.74, 6) is -1.14. The van der Waals surface area contributed by atoms with Gasteiger partial charge in [-0.2, -0.15) is 4.68 Å². The van der Waals surface area contributed by atoms with E-state index in [1.54, 1.807) is 6.92 Å². The third-order valence-corrected chi connectivity index (χ3v) is 5.52. The number of halogens is 3. The molecule has 0 saturated heterocycles. The molecule has 2 aromatic heterocycles. The number of carbonyl (C=O) groups excluding carboxylic acids is 1. The number of carbonyl (C=O) groups is 1. The highest BCUT2D eigenvalue weighted by molar-refractivity contribution is 7.21. The Morgan fingerprint density at radius 2 is 2.04 bits per heavy atom. The molecule has 0 aliphatic carbocycles. The van der Waals surface area contributed by atoms with Crippen molar-refractivity contribution in [2.75, 3.05) is 5.32 Å². The lowest BCUT2D eigenvalue weighted by atomic mass is 10.2. The zero-order valence-electron chi connectivity index (χ0n) is 13.7. The highest BCUT2D eigenvalue weighted by atomic mass is 35.5. The van der Waals surface area contributed by atoms with Crippen molar-refractivity contribution < 1.29 is 13.6 Å². The zero-order chi connectivity index (χ0) is 19.1. The molecule has 0 aliphatic rings. The van der Waals surface area contributed by atoms with Crippen molar-refractivity contribution in [3.63, 3.8) is 0 Å². The van der Waals surface area contributed by atoms with Crippen molar-refractivity contribution in [2.45, 2.75) is 6.92 Å². The SMILES string of the molecule is Cc1nnnn1-c1ccc(F)c(NC(=O)c2sc3cc(F)ccc3c2Cl)c1. The third-order valence-electron chi connectivity index (χ3n) is 3.87. The lowest BCUT2D eigenvalue weighted by Crippen LogP contribution is -2.12. The van der Waals surface area contributed by atoms with E-state index in [1.807, 2.05) is 0 Å². The van der Waals surface area contributed by atoms with E-state index in [0.29, 0.717) is 21.6 Å². The monoisotopic (exact) mass is 405 g/mol. The summed E-state index contributed by atoms with van der Waals surface area (Å²) < 4.78 is 29.5. The van der Waals surface area contributed by atoms with Gasteiger partial charge in [0.15, 0.2) is 5.82 Å². The van der Waals surface area contributed by atoms with Gasteiger partial charge in [-0.05, 0) is 53.7 Å². The minimum atomic E-state index is -0.624. The van der Waals surface area contributed by atoms with Crippen LogP contribution in [0.2, 0.25) is 5.02 Å². The van der Waals surface area contributed by atoms with Gasteiger partial charge in [0, 0.05) is 10.1 Å². The average molecular weight is 406 g/mol. The topological polar surface area (TPSA) is 72.7 Å². The maximum atomic E-state index is 14.2. The molecule has 0 aliphatic heterocycles. The van der Waals surface area contributed by atoms with E-state index in [9.17, 15) is 13.6 Å². The largest absolute Gasteiger partial charge is 0.319 e. The van der Waals surface area contributed by atoms with Crippen LogP contribution in [0.25, 0.3) is 15.8 Å². The summed E-state index contributed by atoms with van der Waals surface area (Å²) in [5.41, 5.74) is 0.436. The van der Waals surface area contributed by atoms with Crippen molar-refractivity contribution in [2.24, 2.45) is 0 Å². The zero-order valence-corrected chi connectivity index (χ0v) is 15.3. The number of fused-ring (bicyclic) bond motifs is 1. The van der Waals surface area contributed by atoms with Crippen LogP contribution in [0.4, 0.5) is 14.5 Å². The van der Waals surface area contributed by atoms with E-state index in [1.165, 1.54) is 41.1 Å². The maximum Gasteiger partial charge on any atom is 0.267 e. The molecule has 0 unspecified atom stereocenters. The molecule has 27 heavy (non-hydrogen) atoms. The second-order valence-electron chi connectivity index (χ2n) is 5.64. The van der Waals surface area contributed by atoms with E-state index in [4.69, 9.17) is 11.6 Å². The Kier molecular flexibility index (Phi) is 4.33. The number of thiophene rings is 1. The van der Waals surface area contributed by atoms with Crippen LogP contribution in [0.3, 0.4) is 0 Å². The number of benzene rings is 2. The Balaban J connectivity index is 1.69. The van der Waals surface area contributed by atoms with Gasteiger partial charge in [-0.1, -0.05) is 11.6 Å². The molecule has 0 fully saturated rings. The van der Waals surface area contributed by atoms with Crippen molar-refractivity contribution in [3.05, 3.63) is 63.8 Å². The minimum absolute atomic E-state index is 0.0490. The van der Waals surface area contributed by atoms with Gasteiger partial charge < -0.3 is 5.32 Å². The molecule has 2 aromatic carbocycles. The summed E-state index contributed by atoms with van der Waals surface area (Å²) in [5, 5.41) is 14.4. The fraction of sp³-hybridized carbons (Fsp3) is 0.0588. The minimum Gasteiger partial charge on any atom is -0.319 e. The van der Waals surface area contributed by atoms with Gasteiger partial charge in [-0.25, -0.2) is 8.78 Å². The summed E-state index contributed by atoms with van der Waals surface area (Å²) in [7, 11) is 0. The third kappa shape index (κ3) is 3.15. The van der Waals surface area contributed by atoms with Crippen LogP contribution in [-0.2, 0) is 0 Å². The number of rotatable bonds is 3. The number of tetrazole rings is 1. The fourth-order valence-corrected chi connectivity index (χ4v) is 4.01. The predicted octanol–water partition coefficient (Wildman–Crippen LogP) is 4.37. The second kappa shape index (κ2) is 6.67. The Morgan fingerprint density at radius 1 is 1.22 bits per heavy atom. The molecule has 1 N–H and O–H groups in total. The molecule has 1 amide bonds. The molecule has 0 spiro atoms. The van der Waals surface area contributed by atoms with Gasteiger partial charge in [0.1, 0.15) is 16.5 Å². The lowest BCUT2D eigenvalue weighted by Gasteiger charge is -2.08. The summed E-state index contributed by atoms with van der Waals surface area (Å²) in [6.45, 7) is 1.69. The molecule has 4 aromatic rings. The van der Waals surface area contributed by atoms with Crippen LogP contribution in [-0.4, -0.2) is 26.1 Å². The molecular weight excluding hydrogens is 396 g/mol. The van der Waals surface area contributed by atoms with Gasteiger partial charge in [-0.3, -0.25) is 4.79 Å². The van der Waals surface area contributed by atoms with E-state index >= 15 is 0 Å². The second-order valence-corrected chi connectivity index (χ2v) is 7.07. The van der Waals surface area contributed by atoms with E-state index in [-0.39, 0.29) is 15.6 Å². The fourth-order valence-electron chi connectivity index (χ4n) is 2.58.